The minimum Gasteiger partial charge on any atom is -0.496 e. The molecule has 20 heavy (non-hydrogen) atoms. The summed E-state index contributed by atoms with van der Waals surface area (Å²) in [5.41, 5.74) is 1.73. The SMILES string of the molecule is COc1ccc(C#CCCO)cc1CN1CCOC1=O. The van der Waals surface area contributed by atoms with Crippen LogP contribution in [0.1, 0.15) is 17.5 Å². The zero-order valence-electron chi connectivity index (χ0n) is 11.4. The molecule has 5 nitrogen and oxygen atoms in total. The van der Waals surface area contributed by atoms with Crippen LogP contribution >= 0.6 is 0 Å². The van der Waals surface area contributed by atoms with Gasteiger partial charge in [-0.2, -0.15) is 0 Å². The van der Waals surface area contributed by atoms with Crippen LogP contribution < -0.4 is 4.74 Å². The third-order valence-electron chi connectivity index (χ3n) is 2.96. The average Bonchev–Trinajstić information content (AvgIpc) is 2.85. The summed E-state index contributed by atoms with van der Waals surface area (Å²) in [7, 11) is 1.60. The maximum Gasteiger partial charge on any atom is 0.410 e. The summed E-state index contributed by atoms with van der Waals surface area (Å²) in [5.74, 6) is 6.57. The number of carbonyl (C=O) groups is 1. The van der Waals surface area contributed by atoms with Crippen LogP contribution in [0.15, 0.2) is 18.2 Å². The monoisotopic (exact) mass is 275 g/mol. The lowest BCUT2D eigenvalue weighted by Crippen LogP contribution is -2.23. The first kappa shape index (κ1) is 14.2. The van der Waals surface area contributed by atoms with E-state index in [0.29, 0.717) is 26.1 Å². The summed E-state index contributed by atoms with van der Waals surface area (Å²) >= 11 is 0. The van der Waals surface area contributed by atoms with Gasteiger partial charge in [0.25, 0.3) is 0 Å². The highest BCUT2D eigenvalue weighted by molar-refractivity contribution is 5.69. The fourth-order valence-electron chi connectivity index (χ4n) is 1.98. The van der Waals surface area contributed by atoms with E-state index in [9.17, 15) is 4.79 Å². The van der Waals surface area contributed by atoms with Crippen molar-refractivity contribution in [3.8, 4) is 17.6 Å². The highest BCUT2D eigenvalue weighted by Crippen LogP contribution is 2.22. The van der Waals surface area contributed by atoms with Crippen LogP contribution in [0, 0.1) is 11.8 Å². The van der Waals surface area contributed by atoms with E-state index in [2.05, 4.69) is 11.8 Å². The molecule has 1 amide bonds. The van der Waals surface area contributed by atoms with Crippen molar-refractivity contribution in [2.45, 2.75) is 13.0 Å². The third kappa shape index (κ3) is 3.43. The molecule has 2 rings (SSSR count). The summed E-state index contributed by atoms with van der Waals surface area (Å²) < 4.78 is 10.2. The van der Waals surface area contributed by atoms with Crippen molar-refractivity contribution in [2.24, 2.45) is 0 Å². The topological polar surface area (TPSA) is 59.0 Å². The molecule has 1 aromatic carbocycles. The highest BCUT2D eigenvalue weighted by atomic mass is 16.6. The summed E-state index contributed by atoms with van der Waals surface area (Å²) in [4.78, 5) is 13.1. The van der Waals surface area contributed by atoms with Crippen molar-refractivity contribution in [1.29, 1.82) is 0 Å². The van der Waals surface area contributed by atoms with Gasteiger partial charge < -0.3 is 19.5 Å². The van der Waals surface area contributed by atoms with Gasteiger partial charge in [-0.05, 0) is 18.2 Å². The van der Waals surface area contributed by atoms with Crippen LogP contribution in [0.5, 0.6) is 5.75 Å². The first-order valence-electron chi connectivity index (χ1n) is 6.43. The average molecular weight is 275 g/mol. The first-order valence-corrected chi connectivity index (χ1v) is 6.43. The minimum atomic E-state index is -0.302. The second kappa shape index (κ2) is 6.83. The van der Waals surface area contributed by atoms with E-state index in [1.807, 2.05) is 18.2 Å². The van der Waals surface area contributed by atoms with Crippen LogP contribution in [-0.4, -0.2) is 43.0 Å². The number of cyclic esters (lactones) is 1. The normalized spacial score (nSPS) is 13.7. The Morgan fingerprint density at radius 3 is 3.00 bits per heavy atom. The Hall–Kier alpha value is -2.19. The Labute approximate surface area is 118 Å². The molecule has 0 aromatic heterocycles. The molecule has 1 aliphatic rings. The maximum atomic E-state index is 11.5. The second-order valence-electron chi connectivity index (χ2n) is 4.34. The molecule has 0 spiro atoms. The number of carbonyl (C=O) groups excluding carboxylic acids is 1. The van der Waals surface area contributed by atoms with Crippen molar-refractivity contribution in [3.05, 3.63) is 29.3 Å². The molecule has 1 N–H and O–H groups in total. The van der Waals surface area contributed by atoms with E-state index in [-0.39, 0.29) is 12.7 Å². The van der Waals surface area contributed by atoms with Gasteiger partial charge in [0.15, 0.2) is 0 Å². The molecule has 1 fully saturated rings. The van der Waals surface area contributed by atoms with E-state index in [1.165, 1.54) is 0 Å². The number of aliphatic hydroxyl groups is 1. The zero-order valence-corrected chi connectivity index (χ0v) is 11.4. The number of amides is 1. The van der Waals surface area contributed by atoms with Crippen molar-refractivity contribution in [3.63, 3.8) is 0 Å². The minimum absolute atomic E-state index is 0.0512. The smallest absolute Gasteiger partial charge is 0.410 e. The molecule has 1 aromatic rings. The molecule has 0 atom stereocenters. The Morgan fingerprint density at radius 2 is 2.35 bits per heavy atom. The van der Waals surface area contributed by atoms with Gasteiger partial charge in [-0.3, -0.25) is 0 Å². The number of methoxy groups -OCH3 is 1. The van der Waals surface area contributed by atoms with Crippen LogP contribution in [-0.2, 0) is 11.3 Å². The number of hydrogen-bond donors (Lipinski definition) is 1. The van der Waals surface area contributed by atoms with E-state index in [1.54, 1.807) is 12.0 Å². The molecular formula is C15H17NO4. The van der Waals surface area contributed by atoms with Crippen molar-refractivity contribution in [1.82, 2.24) is 4.90 Å². The number of ether oxygens (including phenoxy) is 2. The van der Waals surface area contributed by atoms with Crippen molar-refractivity contribution >= 4 is 6.09 Å². The van der Waals surface area contributed by atoms with Gasteiger partial charge >= 0.3 is 6.09 Å². The van der Waals surface area contributed by atoms with Gasteiger partial charge in [-0.1, -0.05) is 11.8 Å². The fourth-order valence-corrected chi connectivity index (χ4v) is 1.98. The second-order valence-corrected chi connectivity index (χ2v) is 4.34. The standard InChI is InChI=1S/C15H17NO4/c1-19-14-6-5-12(4-2-3-8-17)10-13(14)11-16-7-9-20-15(16)18/h5-6,10,17H,3,7-9,11H2,1H3. The summed E-state index contributed by atoms with van der Waals surface area (Å²) in [6, 6.07) is 5.59. The largest absolute Gasteiger partial charge is 0.496 e. The van der Waals surface area contributed by atoms with E-state index >= 15 is 0 Å². The summed E-state index contributed by atoms with van der Waals surface area (Å²) in [5, 5.41) is 8.72. The molecule has 0 aliphatic carbocycles. The fraction of sp³-hybridized carbons (Fsp3) is 0.400. The van der Waals surface area contributed by atoms with Crippen molar-refractivity contribution in [2.75, 3.05) is 26.9 Å². The maximum absolute atomic E-state index is 11.5. The molecular weight excluding hydrogens is 258 g/mol. The Kier molecular flexibility index (Phi) is 4.85. The molecule has 1 saturated heterocycles. The lowest BCUT2D eigenvalue weighted by atomic mass is 10.1. The summed E-state index contributed by atoms with van der Waals surface area (Å²) in [6.45, 7) is 1.51. The zero-order chi connectivity index (χ0) is 14.4. The van der Waals surface area contributed by atoms with Crippen LogP contribution in [0.25, 0.3) is 0 Å². The van der Waals surface area contributed by atoms with Gasteiger partial charge in [0, 0.05) is 17.5 Å². The molecule has 1 heterocycles. The van der Waals surface area contributed by atoms with Gasteiger partial charge in [-0.25, -0.2) is 4.79 Å². The van der Waals surface area contributed by atoms with Gasteiger partial charge in [0.1, 0.15) is 12.4 Å². The lowest BCUT2D eigenvalue weighted by molar-refractivity contribution is 0.157. The molecule has 0 unspecified atom stereocenters. The molecule has 106 valence electrons. The number of hydrogen-bond acceptors (Lipinski definition) is 4. The van der Waals surface area contributed by atoms with Gasteiger partial charge in [0.2, 0.25) is 0 Å². The van der Waals surface area contributed by atoms with Gasteiger partial charge in [-0.15, -0.1) is 0 Å². The van der Waals surface area contributed by atoms with E-state index in [4.69, 9.17) is 14.6 Å². The van der Waals surface area contributed by atoms with E-state index in [0.717, 1.165) is 16.9 Å². The first-order chi connectivity index (χ1) is 9.74. The quantitative estimate of drug-likeness (QED) is 0.843. The molecule has 0 saturated carbocycles. The molecule has 0 radical (unpaired) electrons. The molecule has 5 heteroatoms. The van der Waals surface area contributed by atoms with Crippen molar-refractivity contribution < 1.29 is 19.4 Å². The number of rotatable bonds is 4. The van der Waals surface area contributed by atoms with Crippen LogP contribution in [0.3, 0.4) is 0 Å². The Morgan fingerprint density at radius 1 is 1.50 bits per heavy atom. The Balaban J connectivity index is 2.18. The summed E-state index contributed by atoms with van der Waals surface area (Å²) in [6.07, 6.45) is 0.142. The highest BCUT2D eigenvalue weighted by Gasteiger charge is 2.23. The predicted octanol–water partition coefficient (Wildman–Crippen LogP) is 1.38. The lowest BCUT2D eigenvalue weighted by Gasteiger charge is -2.15. The molecule has 0 bridgehead atoms. The number of benzene rings is 1. The van der Waals surface area contributed by atoms with E-state index < -0.39 is 0 Å². The Bertz CT molecular complexity index is 545. The van der Waals surface area contributed by atoms with Crippen LogP contribution in [0.4, 0.5) is 4.79 Å². The van der Waals surface area contributed by atoms with Gasteiger partial charge in [0.05, 0.1) is 26.8 Å². The third-order valence-corrected chi connectivity index (χ3v) is 2.96. The number of aliphatic hydroxyl groups excluding tert-OH is 1. The number of nitrogens with zero attached hydrogens (tertiary/aromatic N) is 1. The predicted molar refractivity (Wildman–Crippen MR) is 73.3 cm³/mol. The molecule has 1 aliphatic heterocycles. The van der Waals surface area contributed by atoms with Crippen LogP contribution in [0.2, 0.25) is 0 Å².